The van der Waals surface area contributed by atoms with E-state index in [-0.39, 0.29) is 71.0 Å². The summed E-state index contributed by atoms with van der Waals surface area (Å²) in [5, 5.41) is 4.38. The molecule has 2 aromatic heterocycles. The van der Waals surface area contributed by atoms with Gasteiger partial charge in [0, 0.05) is 68.1 Å². The van der Waals surface area contributed by atoms with Crippen molar-refractivity contribution in [3.8, 4) is 35.4 Å². The number of halogens is 3. The molecule has 2 bridgehead atoms. The number of hydrogen-bond donors (Lipinski definition) is 1. The summed E-state index contributed by atoms with van der Waals surface area (Å²) in [4.78, 5) is 58.6. The Balaban J connectivity index is 0.921. The summed E-state index contributed by atoms with van der Waals surface area (Å²) < 4.78 is 77.6. The van der Waals surface area contributed by atoms with Crippen molar-refractivity contribution < 1.29 is 51.2 Å². The topological polar surface area (TPSA) is 155 Å². The Bertz CT molecular complexity index is 2960. The first kappa shape index (κ1) is 69.6. The number of esters is 2. The summed E-state index contributed by atoms with van der Waals surface area (Å²) in [6.07, 6.45) is 46.7. The van der Waals surface area contributed by atoms with Crippen LogP contribution in [-0.4, -0.2) is 114 Å². The number of aromatic nitrogens is 3. The van der Waals surface area contributed by atoms with Crippen LogP contribution in [0.3, 0.4) is 0 Å². The Morgan fingerprint density at radius 1 is 0.744 bits per heavy atom. The lowest BCUT2D eigenvalue weighted by atomic mass is 9.95. The summed E-state index contributed by atoms with van der Waals surface area (Å²) in [6, 6.07) is 5.72. The number of ether oxygens (including phenoxy) is 5. The highest BCUT2D eigenvalue weighted by Crippen LogP contribution is 2.42. The van der Waals surface area contributed by atoms with Gasteiger partial charge in [0.15, 0.2) is 11.9 Å². The molecule has 4 aliphatic heterocycles. The van der Waals surface area contributed by atoms with Crippen LogP contribution >= 0.6 is 0 Å². The van der Waals surface area contributed by atoms with Crippen LogP contribution < -0.4 is 19.7 Å². The second kappa shape index (κ2) is 37.3. The zero-order valence-electron chi connectivity index (χ0n) is 54.0. The van der Waals surface area contributed by atoms with Crippen LogP contribution in [0.4, 0.5) is 23.8 Å². The highest BCUT2D eigenvalue weighted by atomic mass is 19.1. The number of rotatable bonds is 41. The molecule has 4 aliphatic rings. The third-order valence-electron chi connectivity index (χ3n) is 18.4. The first-order valence-corrected chi connectivity index (χ1v) is 34.6. The predicted molar refractivity (Wildman–Crippen MR) is 351 cm³/mol. The molecule has 4 saturated heterocycles. The summed E-state index contributed by atoms with van der Waals surface area (Å²) in [5.41, 5.74) is -1.07. The van der Waals surface area contributed by atoms with Gasteiger partial charge in [0.05, 0.1) is 16.5 Å². The molecule has 0 amide bonds. The van der Waals surface area contributed by atoms with Gasteiger partial charge in [-0.15, -0.1) is 6.42 Å². The van der Waals surface area contributed by atoms with Crippen LogP contribution in [-0.2, 0) is 23.8 Å². The van der Waals surface area contributed by atoms with Crippen LogP contribution in [0.1, 0.15) is 231 Å². The van der Waals surface area contributed by atoms with Crippen molar-refractivity contribution in [3.05, 3.63) is 72.0 Å². The van der Waals surface area contributed by atoms with Gasteiger partial charge < -0.3 is 33.9 Å². The molecule has 4 aromatic rings. The predicted octanol–water partition coefficient (Wildman–Crippen LogP) is 17.0. The quantitative estimate of drug-likeness (QED) is 0.0112. The molecule has 6 heterocycles. The van der Waals surface area contributed by atoms with Gasteiger partial charge in [-0.25, -0.2) is 18.0 Å². The maximum Gasteiger partial charge on any atom is 0.514 e. The maximum atomic E-state index is 17.8. The number of terminal acetylenes is 1. The van der Waals surface area contributed by atoms with E-state index in [2.05, 4.69) is 69.2 Å². The SMILES string of the molecule is C#Cc1c(F)ccc2cc(OC(=O)OC(COC(=O)CCCCCCC/C=C\CCCCCCCC)COC(=O)CCCCCCC/C=C\CCCCCCCC)cc(-c3ncc4c(N5CC6CCC(C5)N6)nc(OC[C@@]56CCCN5C[C@H](F)C6)nc4c3F)c12. The number of benzene rings is 2. The Morgan fingerprint density at radius 2 is 1.31 bits per heavy atom. The molecule has 14 nitrogen and oxygen atoms in total. The van der Waals surface area contributed by atoms with Gasteiger partial charge in [-0.05, 0) is 120 Å². The van der Waals surface area contributed by atoms with E-state index < -0.39 is 60.8 Å². The van der Waals surface area contributed by atoms with E-state index in [4.69, 9.17) is 35.1 Å². The van der Waals surface area contributed by atoms with E-state index in [1.165, 1.54) is 108 Å². The zero-order chi connectivity index (χ0) is 63.3. The average Bonchev–Trinajstić information content (AvgIpc) is 0.878. The Labute approximate surface area is 533 Å². The average molecular weight is 1250 g/mol. The van der Waals surface area contributed by atoms with Crippen LogP contribution in [0.2, 0.25) is 0 Å². The number of carbonyl (C=O) groups is 3. The van der Waals surface area contributed by atoms with Crippen molar-refractivity contribution in [1.82, 2.24) is 25.2 Å². The lowest BCUT2D eigenvalue weighted by Crippen LogP contribution is -2.51. The largest absolute Gasteiger partial charge is 0.514 e. The fourth-order valence-corrected chi connectivity index (χ4v) is 13.5. The van der Waals surface area contributed by atoms with Crippen molar-refractivity contribution in [2.75, 3.05) is 50.9 Å². The van der Waals surface area contributed by atoms with Gasteiger partial charge in [0.2, 0.25) is 0 Å². The second-order valence-corrected chi connectivity index (χ2v) is 25.7. The number of carbonyl (C=O) groups excluding carboxylic acids is 3. The van der Waals surface area contributed by atoms with E-state index >= 15 is 8.78 Å². The van der Waals surface area contributed by atoms with E-state index in [1.54, 1.807) is 0 Å². The molecular formula is C73H101F3N6O8. The van der Waals surface area contributed by atoms with Crippen molar-refractivity contribution in [2.45, 2.75) is 256 Å². The van der Waals surface area contributed by atoms with Crippen molar-refractivity contribution >= 4 is 45.6 Å². The highest BCUT2D eigenvalue weighted by Gasteiger charge is 2.49. The van der Waals surface area contributed by atoms with Crippen LogP contribution in [0, 0.1) is 24.0 Å². The molecule has 0 aliphatic carbocycles. The normalized spacial score (nSPS) is 19.0. The Hall–Kier alpha value is -6.25. The van der Waals surface area contributed by atoms with E-state index in [9.17, 15) is 18.8 Å². The van der Waals surface area contributed by atoms with Gasteiger partial charge in [-0.1, -0.05) is 153 Å². The number of nitrogens with one attached hydrogen (secondary N) is 1. The van der Waals surface area contributed by atoms with Crippen molar-refractivity contribution in [3.63, 3.8) is 0 Å². The molecule has 8 rings (SSSR count). The molecule has 0 radical (unpaired) electrons. The number of allylic oxidation sites excluding steroid dienone is 4. The minimum atomic E-state index is -1.24. The van der Waals surface area contributed by atoms with Crippen molar-refractivity contribution in [2.24, 2.45) is 0 Å². The van der Waals surface area contributed by atoms with Crippen LogP contribution in [0.5, 0.6) is 11.8 Å². The smallest absolute Gasteiger partial charge is 0.462 e. The summed E-state index contributed by atoms with van der Waals surface area (Å²) in [7, 11) is 0. The Morgan fingerprint density at radius 3 is 1.89 bits per heavy atom. The molecule has 0 spiro atoms. The van der Waals surface area contributed by atoms with Gasteiger partial charge in [-0.2, -0.15) is 9.97 Å². The summed E-state index contributed by atoms with van der Waals surface area (Å²) >= 11 is 0. The van der Waals surface area contributed by atoms with Gasteiger partial charge in [-0.3, -0.25) is 19.5 Å². The number of anilines is 1. The molecular weight excluding hydrogens is 1150 g/mol. The fourth-order valence-electron chi connectivity index (χ4n) is 13.5. The molecule has 17 heteroatoms. The molecule has 2 aromatic carbocycles. The maximum absolute atomic E-state index is 17.8. The minimum absolute atomic E-state index is 0.00359. The molecule has 90 heavy (non-hydrogen) atoms. The van der Waals surface area contributed by atoms with Crippen LogP contribution in [0.25, 0.3) is 32.9 Å². The molecule has 492 valence electrons. The number of unbranched alkanes of at least 4 members (excludes halogenated alkanes) is 22. The first-order chi connectivity index (χ1) is 44.0. The number of fused-ring (bicyclic) bond motifs is 5. The number of piperazine rings is 1. The number of hydrogen-bond acceptors (Lipinski definition) is 14. The zero-order valence-corrected chi connectivity index (χ0v) is 54.0. The van der Waals surface area contributed by atoms with E-state index in [1.807, 2.05) is 0 Å². The van der Waals surface area contributed by atoms with Gasteiger partial charge in [0.25, 0.3) is 0 Å². The standard InChI is InChI=1S/C73H101F3N6O8/c1-4-7-9-11-13-15-17-19-21-23-25-27-29-31-33-36-64(83)86-51-59(52-87-65(84)37-34-32-30-28-26-24-22-20-18-16-14-12-10-8-5-2)90-72(85)89-58-44-54-38-41-63(75)60(6-3)66(54)61(45-58)68-67(76)69-62(47-77-68)70(81-49-56-39-40-57(50-81)78-56)80-71(79-69)88-53-73-42-35-43-82(73)48-55(74)46-73/h3,19-22,38,41,44-45,47,55-57,59,78H,4-5,7-18,23-37,39-40,42-43,46,48-53H2,1-2H3/b21-19-,22-20-/t55-,56?,57?,73+/m1/s1. The third-order valence-corrected chi connectivity index (χ3v) is 18.4. The molecule has 0 saturated carbocycles. The number of nitrogens with zero attached hydrogens (tertiary/aromatic N) is 5. The lowest BCUT2D eigenvalue weighted by Gasteiger charge is -2.34. The highest BCUT2D eigenvalue weighted by molar-refractivity contribution is 6.03. The van der Waals surface area contributed by atoms with Crippen LogP contribution in [0.15, 0.2) is 54.8 Å². The third kappa shape index (κ3) is 21.2. The summed E-state index contributed by atoms with van der Waals surface area (Å²) in [6.45, 7) is 6.11. The number of pyridine rings is 1. The van der Waals surface area contributed by atoms with Crippen molar-refractivity contribution in [1.29, 1.82) is 0 Å². The fraction of sp³-hybridized carbons (Fsp3) is 0.644. The molecule has 4 atom stereocenters. The monoisotopic (exact) mass is 1250 g/mol. The van der Waals surface area contributed by atoms with Gasteiger partial charge in [0.1, 0.15) is 54.6 Å². The molecule has 1 N–H and O–H groups in total. The lowest BCUT2D eigenvalue weighted by molar-refractivity contribution is -0.153. The Kier molecular flexibility index (Phi) is 28.9. The second-order valence-electron chi connectivity index (χ2n) is 25.7. The summed E-state index contributed by atoms with van der Waals surface area (Å²) in [5.74, 6) is 0.154. The van der Waals surface area contributed by atoms with Gasteiger partial charge >= 0.3 is 24.1 Å². The molecule has 2 unspecified atom stereocenters. The van der Waals surface area contributed by atoms with E-state index in [0.717, 1.165) is 109 Å². The minimum Gasteiger partial charge on any atom is -0.462 e. The molecule has 4 fully saturated rings. The van der Waals surface area contributed by atoms with E-state index in [0.29, 0.717) is 55.5 Å². The number of alkyl halides is 1. The first-order valence-electron chi connectivity index (χ1n) is 34.6.